The molecule has 1 aliphatic rings. The fourth-order valence-electron chi connectivity index (χ4n) is 1.86. The van der Waals surface area contributed by atoms with E-state index in [1.165, 1.54) is 5.01 Å². The molecule has 1 N–H and O–H groups in total. The summed E-state index contributed by atoms with van der Waals surface area (Å²) in [5.74, 6) is -1.58. The number of ether oxygens (including phenoxy) is 1. The minimum absolute atomic E-state index is 0.0447. The first-order valence-electron chi connectivity index (χ1n) is 5.95. The number of benzene rings is 1. The molecule has 6 heteroatoms. The van der Waals surface area contributed by atoms with Crippen LogP contribution < -0.4 is 5.01 Å². The highest BCUT2D eigenvalue weighted by molar-refractivity contribution is 6.38. The highest BCUT2D eigenvalue weighted by Gasteiger charge is 2.36. The summed E-state index contributed by atoms with van der Waals surface area (Å²) in [5, 5.41) is 14.6. The van der Waals surface area contributed by atoms with Gasteiger partial charge in [-0.15, -0.1) is 0 Å². The molecule has 100 valence electrons. The molecule has 0 saturated carbocycles. The van der Waals surface area contributed by atoms with Gasteiger partial charge in [-0.05, 0) is 19.1 Å². The van der Waals surface area contributed by atoms with Crippen molar-refractivity contribution in [2.45, 2.75) is 19.4 Å². The van der Waals surface area contributed by atoms with E-state index in [4.69, 9.17) is 4.74 Å². The molecular weight excluding hydrogens is 248 g/mol. The number of nitrogens with zero attached hydrogens (tertiary/aromatic N) is 2. The van der Waals surface area contributed by atoms with Crippen molar-refractivity contribution in [2.75, 3.05) is 11.6 Å². The van der Waals surface area contributed by atoms with E-state index < -0.39 is 18.0 Å². The summed E-state index contributed by atoms with van der Waals surface area (Å²) in [7, 11) is 0. The Balaban J connectivity index is 2.28. The molecule has 0 saturated heterocycles. The van der Waals surface area contributed by atoms with Crippen molar-refractivity contribution in [3.05, 3.63) is 30.3 Å². The number of rotatable bonds is 4. The zero-order valence-corrected chi connectivity index (χ0v) is 10.4. The van der Waals surface area contributed by atoms with Crippen LogP contribution in [0, 0.1) is 0 Å². The van der Waals surface area contributed by atoms with E-state index in [1.807, 2.05) is 6.07 Å². The molecule has 0 unspecified atom stereocenters. The summed E-state index contributed by atoms with van der Waals surface area (Å²) < 4.78 is 4.85. The molecule has 1 heterocycles. The number of hydrogen-bond acceptors (Lipinski definition) is 5. The third-order valence-corrected chi connectivity index (χ3v) is 2.73. The summed E-state index contributed by atoms with van der Waals surface area (Å²) in [6, 6.07) is 8.01. The molecule has 0 spiro atoms. The van der Waals surface area contributed by atoms with Crippen LogP contribution in [0.1, 0.15) is 13.3 Å². The molecular formula is C13H14N2O4. The molecule has 19 heavy (non-hydrogen) atoms. The van der Waals surface area contributed by atoms with Gasteiger partial charge in [-0.2, -0.15) is 5.10 Å². The Bertz CT molecular complexity index is 513. The highest BCUT2D eigenvalue weighted by atomic mass is 16.5. The molecule has 1 aromatic carbocycles. The molecule has 0 fully saturated rings. The van der Waals surface area contributed by atoms with Crippen molar-refractivity contribution in [3.63, 3.8) is 0 Å². The van der Waals surface area contributed by atoms with E-state index in [0.29, 0.717) is 5.69 Å². The predicted octanol–water partition coefficient (Wildman–Crippen LogP) is 1.27. The number of carboxylic acids is 1. The number of esters is 1. The monoisotopic (exact) mass is 262 g/mol. The first-order valence-corrected chi connectivity index (χ1v) is 5.95. The summed E-state index contributed by atoms with van der Waals surface area (Å²) in [5.41, 5.74) is 0.771. The number of carboxylic acid groups (broad SMARTS) is 1. The Hall–Kier alpha value is -2.37. The topological polar surface area (TPSA) is 79.2 Å². The van der Waals surface area contributed by atoms with E-state index >= 15 is 0 Å². The van der Waals surface area contributed by atoms with E-state index in [2.05, 4.69) is 5.10 Å². The summed E-state index contributed by atoms with van der Waals surface area (Å²) in [6.45, 7) is 1.93. The Labute approximate surface area is 110 Å². The van der Waals surface area contributed by atoms with Crippen molar-refractivity contribution in [1.82, 2.24) is 0 Å². The second-order valence-corrected chi connectivity index (χ2v) is 4.01. The van der Waals surface area contributed by atoms with Crippen LogP contribution in [0.25, 0.3) is 0 Å². The maximum absolute atomic E-state index is 11.6. The fourth-order valence-corrected chi connectivity index (χ4v) is 1.86. The minimum Gasteiger partial charge on any atom is -0.480 e. The number of anilines is 1. The highest BCUT2D eigenvalue weighted by Crippen LogP contribution is 2.24. The normalized spacial score (nSPS) is 18.1. The minimum atomic E-state index is -1.02. The third-order valence-electron chi connectivity index (χ3n) is 2.73. The Morgan fingerprint density at radius 2 is 2.11 bits per heavy atom. The Kier molecular flexibility index (Phi) is 3.79. The van der Waals surface area contributed by atoms with Gasteiger partial charge in [-0.3, -0.25) is 5.01 Å². The van der Waals surface area contributed by atoms with Gasteiger partial charge in [-0.25, -0.2) is 9.59 Å². The second-order valence-electron chi connectivity index (χ2n) is 4.01. The lowest BCUT2D eigenvalue weighted by Gasteiger charge is -2.19. The van der Waals surface area contributed by atoms with E-state index in [1.54, 1.807) is 31.2 Å². The molecule has 0 radical (unpaired) electrons. The number of carbonyl (C=O) groups excluding carboxylic acids is 1. The van der Waals surface area contributed by atoms with Crippen LogP contribution in [0.2, 0.25) is 0 Å². The van der Waals surface area contributed by atoms with Gasteiger partial charge in [0, 0.05) is 6.42 Å². The van der Waals surface area contributed by atoms with Crippen molar-refractivity contribution >= 4 is 23.3 Å². The molecule has 0 aliphatic carbocycles. The van der Waals surface area contributed by atoms with Gasteiger partial charge < -0.3 is 9.84 Å². The number of hydrogen-bond donors (Lipinski definition) is 1. The van der Waals surface area contributed by atoms with Crippen LogP contribution >= 0.6 is 0 Å². The van der Waals surface area contributed by atoms with Crippen molar-refractivity contribution in [2.24, 2.45) is 5.10 Å². The van der Waals surface area contributed by atoms with E-state index in [-0.39, 0.29) is 18.7 Å². The molecule has 6 nitrogen and oxygen atoms in total. The lowest BCUT2D eigenvalue weighted by atomic mass is 10.1. The Morgan fingerprint density at radius 1 is 1.42 bits per heavy atom. The second kappa shape index (κ2) is 5.51. The zero-order valence-electron chi connectivity index (χ0n) is 10.4. The lowest BCUT2D eigenvalue weighted by molar-refractivity contribution is -0.138. The average molecular weight is 262 g/mol. The number of aliphatic carboxylic acids is 1. The largest absolute Gasteiger partial charge is 0.480 e. The molecule has 1 atom stereocenters. The predicted molar refractivity (Wildman–Crippen MR) is 69.0 cm³/mol. The van der Waals surface area contributed by atoms with Crippen LogP contribution in [-0.2, 0) is 14.3 Å². The SMILES string of the molecule is CCOC(=O)C1=NN(c2ccccc2)[C@@H](C(=O)O)C1. The first kappa shape index (κ1) is 13.1. The van der Waals surface area contributed by atoms with Gasteiger partial charge in [0.2, 0.25) is 0 Å². The van der Waals surface area contributed by atoms with Crippen molar-refractivity contribution in [3.8, 4) is 0 Å². The van der Waals surface area contributed by atoms with E-state index in [0.717, 1.165) is 0 Å². The molecule has 1 aliphatic heterocycles. The van der Waals surface area contributed by atoms with Crippen LogP contribution in [0.5, 0.6) is 0 Å². The third kappa shape index (κ3) is 2.73. The lowest BCUT2D eigenvalue weighted by Crippen LogP contribution is -2.34. The number of para-hydroxylation sites is 1. The zero-order chi connectivity index (χ0) is 13.8. The van der Waals surface area contributed by atoms with Gasteiger partial charge >= 0.3 is 11.9 Å². The Morgan fingerprint density at radius 3 is 2.68 bits per heavy atom. The maximum atomic E-state index is 11.6. The van der Waals surface area contributed by atoms with Gasteiger partial charge in [0.15, 0.2) is 6.04 Å². The molecule has 0 amide bonds. The van der Waals surface area contributed by atoms with Crippen LogP contribution in [-0.4, -0.2) is 35.4 Å². The van der Waals surface area contributed by atoms with Crippen LogP contribution in [0.15, 0.2) is 35.4 Å². The fraction of sp³-hybridized carbons (Fsp3) is 0.308. The van der Waals surface area contributed by atoms with Gasteiger partial charge in [0.1, 0.15) is 5.71 Å². The van der Waals surface area contributed by atoms with Crippen LogP contribution in [0.4, 0.5) is 5.69 Å². The van der Waals surface area contributed by atoms with Crippen molar-refractivity contribution in [1.29, 1.82) is 0 Å². The van der Waals surface area contributed by atoms with Gasteiger partial charge in [0.25, 0.3) is 0 Å². The standard InChI is InChI=1S/C13H14N2O4/c1-2-19-13(18)10-8-11(12(16)17)15(14-10)9-6-4-3-5-7-9/h3-7,11H,2,8H2,1H3,(H,16,17)/t11-/m1/s1. The quantitative estimate of drug-likeness (QED) is 0.826. The number of hydrazone groups is 1. The molecule has 0 bridgehead atoms. The van der Waals surface area contributed by atoms with E-state index in [9.17, 15) is 14.7 Å². The average Bonchev–Trinajstić information content (AvgIpc) is 2.85. The molecule has 0 aromatic heterocycles. The first-order chi connectivity index (χ1) is 9.13. The van der Waals surface area contributed by atoms with Gasteiger partial charge in [-0.1, -0.05) is 18.2 Å². The van der Waals surface area contributed by atoms with Crippen molar-refractivity contribution < 1.29 is 19.4 Å². The summed E-state index contributed by atoms with van der Waals surface area (Å²) in [6.07, 6.45) is 0.0447. The maximum Gasteiger partial charge on any atom is 0.354 e. The molecule has 1 aromatic rings. The number of carbonyl (C=O) groups is 2. The van der Waals surface area contributed by atoms with Gasteiger partial charge in [0.05, 0.1) is 12.3 Å². The van der Waals surface area contributed by atoms with Crippen LogP contribution in [0.3, 0.4) is 0 Å². The molecule has 2 rings (SSSR count). The summed E-state index contributed by atoms with van der Waals surface area (Å²) in [4.78, 5) is 22.9. The summed E-state index contributed by atoms with van der Waals surface area (Å²) >= 11 is 0. The smallest absolute Gasteiger partial charge is 0.354 e.